The molecule has 0 radical (unpaired) electrons. The molecule has 5 nitrogen and oxygen atoms in total. The Morgan fingerprint density at radius 1 is 1.25 bits per heavy atom. The molecule has 1 aliphatic carbocycles. The Bertz CT molecular complexity index is 305. The van der Waals surface area contributed by atoms with Gasteiger partial charge in [-0.2, -0.15) is 0 Å². The number of aliphatic hydroxyl groups excluding tert-OH is 1. The van der Waals surface area contributed by atoms with Crippen molar-refractivity contribution in [3.63, 3.8) is 0 Å². The van der Waals surface area contributed by atoms with Crippen LogP contribution in [0.3, 0.4) is 0 Å². The molecule has 5 heteroatoms. The number of ether oxygens (including phenoxy) is 1. The van der Waals surface area contributed by atoms with Gasteiger partial charge in [0.1, 0.15) is 0 Å². The lowest BCUT2D eigenvalue weighted by atomic mass is 9.89. The van der Waals surface area contributed by atoms with E-state index in [0.717, 1.165) is 19.4 Å². The monoisotopic (exact) mass is 284 g/mol. The van der Waals surface area contributed by atoms with Gasteiger partial charge in [0.2, 0.25) is 0 Å². The maximum Gasteiger partial charge on any atom is 0.409 e. The van der Waals surface area contributed by atoms with E-state index in [0.29, 0.717) is 24.5 Å². The van der Waals surface area contributed by atoms with E-state index in [1.165, 1.54) is 39.2 Å². The van der Waals surface area contributed by atoms with Crippen LogP contribution in [0.2, 0.25) is 0 Å². The predicted molar refractivity (Wildman–Crippen MR) is 77.6 cm³/mol. The van der Waals surface area contributed by atoms with Crippen LogP contribution in [-0.4, -0.2) is 55.0 Å². The molecule has 2 atom stereocenters. The number of aliphatic hydroxyl groups is 1. The van der Waals surface area contributed by atoms with Gasteiger partial charge in [-0.15, -0.1) is 0 Å². The SMILES string of the molecule is COC(=O)N1CC(CCO)CC(NC2CCCCC2)C1. The van der Waals surface area contributed by atoms with Crippen molar-refractivity contribution in [2.45, 2.75) is 57.0 Å². The Morgan fingerprint density at radius 3 is 2.65 bits per heavy atom. The summed E-state index contributed by atoms with van der Waals surface area (Å²) in [5.41, 5.74) is 0. The van der Waals surface area contributed by atoms with Gasteiger partial charge in [0.15, 0.2) is 0 Å². The smallest absolute Gasteiger partial charge is 0.409 e. The molecule has 1 saturated heterocycles. The molecule has 2 N–H and O–H groups in total. The molecule has 2 fully saturated rings. The standard InChI is InChI=1S/C15H28N2O3/c1-20-15(19)17-10-12(7-8-18)9-14(11-17)16-13-5-3-2-4-6-13/h12-14,16,18H,2-11H2,1H3. The first-order valence-electron chi connectivity index (χ1n) is 7.92. The van der Waals surface area contributed by atoms with Crippen LogP contribution in [0.25, 0.3) is 0 Å². The Hall–Kier alpha value is -0.810. The highest BCUT2D eigenvalue weighted by molar-refractivity contribution is 5.67. The molecule has 20 heavy (non-hydrogen) atoms. The van der Waals surface area contributed by atoms with Gasteiger partial charge in [-0.05, 0) is 31.6 Å². The molecule has 0 aromatic carbocycles. The summed E-state index contributed by atoms with van der Waals surface area (Å²) in [6, 6.07) is 0.934. The quantitative estimate of drug-likeness (QED) is 0.825. The fourth-order valence-electron chi connectivity index (χ4n) is 3.60. The fourth-order valence-corrected chi connectivity index (χ4v) is 3.60. The second-order valence-corrected chi connectivity index (χ2v) is 6.19. The lowest BCUT2D eigenvalue weighted by Gasteiger charge is -2.39. The Kier molecular flexibility index (Phi) is 6.10. The zero-order chi connectivity index (χ0) is 14.4. The van der Waals surface area contributed by atoms with Crippen molar-refractivity contribution in [1.29, 1.82) is 0 Å². The third-order valence-electron chi connectivity index (χ3n) is 4.58. The highest BCUT2D eigenvalue weighted by atomic mass is 16.5. The lowest BCUT2D eigenvalue weighted by molar-refractivity contribution is 0.0809. The number of rotatable bonds is 4. The van der Waals surface area contributed by atoms with Gasteiger partial charge in [0.25, 0.3) is 0 Å². The third-order valence-corrected chi connectivity index (χ3v) is 4.58. The zero-order valence-electron chi connectivity index (χ0n) is 12.5. The number of carbonyl (C=O) groups is 1. The maximum absolute atomic E-state index is 11.8. The van der Waals surface area contributed by atoms with Crippen molar-refractivity contribution < 1.29 is 14.6 Å². The van der Waals surface area contributed by atoms with Crippen LogP contribution < -0.4 is 5.32 Å². The van der Waals surface area contributed by atoms with Gasteiger partial charge in [-0.3, -0.25) is 0 Å². The van der Waals surface area contributed by atoms with E-state index in [9.17, 15) is 4.79 Å². The van der Waals surface area contributed by atoms with Gasteiger partial charge in [0, 0.05) is 31.8 Å². The normalized spacial score (nSPS) is 28.4. The number of piperidine rings is 1. The van der Waals surface area contributed by atoms with Crippen LogP contribution in [0.1, 0.15) is 44.9 Å². The van der Waals surface area contributed by atoms with Crippen molar-refractivity contribution in [3.05, 3.63) is 0 Å². The molecule has 2 rings (SSSR count). The highest BCUT2D eigenvalue weighted by Crippen LogP contribution is 2.23. The number of methoxy groups -OCH3 is 1. The third kappa shape index (κ3) is 4.35. The second-order valence-electron chi connectivity index (χ2n) is 6.19. The number of nitrogens with zero attached hydrogens (tertiary/aromatic N) is 1. The van der Waals surface area contributed by atoms with Crippen LogP contribution in [0.4, 0.5) is 4.79 Å². The summed E-state index contributed by atoms with van der Waals surface area (Å²) in [6.45, 7) is 1.62. The summed E-state index contributed by atoms with van der Waals surface area (Å²) >= 11 is 0. The predicted octanol–water partition coefficient (Wildman–Crippen LogP) is 1.75. The van der Waals surface area contributed by atoms with Crippen molar-refractivity contribution >= 4 is 6.09 Å². The number of nitrogens with one attached hydrogen (secondary N) is 1. The van der Waals surface area contributed by atoms with Crippen molar-refractivity contribution in [2.75, 3.05) is 26.8 Å². The minimum absolute atomic E-state index is 0.190. The average molecular weight is 284 g/mol. The van der Waals surface area contributed by atoms with Gasteiger partial charge in [-0.1, -0.05) is 19.3 Å². The summed E-state index contributed by atoms with van der Waals surface area (Å²) in [4.78, 5) is 13.5. The molecule has 2 unspecified atom stereocenters. The van der Waals surface area contributed by atoms with Gasteiger partial charge < -0.3 is 20.1 Å². The van der Waals surface area contributed by atoms with Crippen molar-refractivity contribution in [2.24, 2.45) is 5.92 Å². The van der Waals surface area contributed by atoms with Gasteiger partial charge in [0.05, 0.1) is 7.11 Å². The zero-order valence-corrected chi connectivity index (χ0v) is 12.5. The number of likely N-dealkylation sites (tertiary alicyclic amines) is 1. The van der Waals surface area contributed by atoms with Crippen molar-refractivity contribution in [3.8, 4) is 0 Å². The fraction of sp³-hybridized carbons (Fsp3) is 0.933. The molecule has 1 heterocycles. The van der Waals surface area contributed by atoms with Crippen LogP contribution in [0.15, 0.2) is 0 Å². The van der Waals surface area contributed by atoms with E-state index < -0.39 is 0 Å². The first kappa shape index (κ1) is 15.6. The molecule has 1 amide bonds. The maximum atomic E-state index is 11.8. The average Bonchev–Trinajstić information content (AvgIpc) is 2.47. The van der Waals surface area contributed by atoms with Crippen molar-refractivity contribution in [1.82, 2.24) is 10.2 Å². The van der Waals surface area contributed by atoms with Crippen LogP contribution in [-0.2, 0) is 4.74 Å². The summed E-state index contributed by atoms with van der Waals surface area (Å²) in [7, 11) is 1.43. The molecule has 0 aromatic rings. The largest absolute Gasteiger partial charge is 0.453 e. The Balaban J connectivity index is 1.90. The molecular formula is C15H28N2O3. The van der Waals surface area contributed by atoms with E-state index in [4.69, 9.17) is 9.84 Å². The first-order valence-corrected chi connectivity index (χ1v) is 7.92. The van der Waals surface area contributed by atoms with E-state index >= 15 is 0 Å². The minimum Gasteiger partial charge on any atom is -0.453 e. The summed E-state index contributed by atoms with van der Waals surface area (Å²) < 4.78 is 4.85. The summed E-state index contributed by atoms with van der Waals surface area (Å²) in [6.07, 6.45) is 8.03. The number of hydrogen-bond acceptors (Lipinski definition) is 4. The molecule has 1 aliphatic heterocycles. The van der Waals surface area contributed by atoms with Gasteiger partial charge >= 0.3 is 6.09 Å². The van der Waals surface area contributed by atoms with Crippen LogP contribution >= 0.6 is 0 Å². The van der Waals surface area contributed by atoms with E-state index in [1.54, 1.807) is 4.90 Å². The highest BCUT2D eigenvalue weighted by Gasteiger charge is 2.31. The summed E-state index contributed by atoms with van der Waals surface area (Å²) in [5, 5.41) is 12.9. The molecule has 2 aliphatic rings. The van der Waals surface area contributed by atoms with E-state index in [-0.39, 0.29) is 12.7 Å². The topological polar surface area (TPSA) is 61.8 Å². The molecule has 0 bridgehead atoms. The molecule has 116 valence electrons. The minimum atomic E-state index is -0.247. The molecule has 1 saturated carbocycles. The number of hydrogen-bond donors (Lipinski definition) is 2. The number of amides is 1. The van der Waals surface area contributed by atoms with Crippen LogP contribution in [0, 0.1) is 5.92 Å². The van der Waals surface area contributed by atoms with Crippen LogP contribution in [0.5, 0.6) is 0 Å². The number of carbonyl (C=O) groups excluding carboxylic acids is 1. The lowest BCUT2D eigenvalue weighted by Crippen LogP contribution is -2.53. The molecule has 0 aromatic heterocycles. The Labute approximate surface area is 121 Å². The Morgan fingerprint density at radius 2 is 2.00 bits per heavy atom. The second kappa shape index (κ2) is 7.84. The first-order chi connectivity index (χ1) is 9.72. The van der Waals surface area contributed by atoms with E-state index in [1.807, 2.05) is 0 Å². The molecular weight excluding hydrogens is 256 g/mol. The van der Waals surface area contributed by atoms with E-state index in [2.05, 4.69) is 5.32 Å². The summed E-state index contributed by atoms with van der Waals surface area (Å²) in [5.74, 6) is 0.369. The molecule has 0 spiro atoms. The van der Waals surface area contributed by atoms with Gasteiger partial charge in [-0.25, -0.2) is 4.79 Å².